The summed E-state index contributed by atoms with van der Waals surface area (Å²) in [6, 6.07) is 15.3. The molecular weight excluding hydrogens is 304 g/mol. The Morgan fingerprint density at radius 1 is 1.29 bits per heavy atom. The first-order valence-electron chi connectivity index (χ1n) is 6.40. The molecule has 0 atom stereocenters. The average Bonchev–Trinajstić information content (AvgIpc) is 2.47. The average molecular weight is 319 g/mol. The van der Waals surface area contributed by atoms with Gasteiger partial charge in [-0.05, 0) is 36.8 Å². The molecule has 2 rings (SSSR count). The van der Waals surface area contributed by atoms with Crippen LogP contribution in [0, 0.1) is 6.92 Å². The summed E-state index contributed by atoms with van der Waals surface area (Å²) in [7, 11) is 0. The highest BCUT2D eigenvalue weighted by molar-refractivity contribution is 8.00. The smallest absolute Gasteiger partial charge is 0.250 e. The molecule has 0 bridgehead atoms. The van der Waals surface area contributed by atoms with E-state index in [1.807, 2.05) is 43.3 Å². The van der Waals surface area contributed by atoms with E-state index >= 15 is 0 Å². The molecule has 1 amide bonds. The van der Waals surface area contributed by atoms with Crippen molar-refractivity contribution in [3.8, 4) is 0 Å². The molecule has 0 heterocycles. The van der Waals surface area contributed by atoms with Crippen LogP contribution in [0.25, 0.3) is 0 Å². The van der Waals surface area contributed by atoms with Crippen LogP contribution >= 0.6 is 23.4 Å². The molecular formula is C16H15ClN2OS. The summed E-state index contributed by atoms with van der Waals surface area (Å²) in [6.45, 7) is 2.01. The Bertz CT molecular complexity index is 641. The minimum Gasteiger partial charge on any atom is -0.272 e. The lowest BCUT2D eigenvalue weighted by molar-refractivity contribution is -0.118. The molecule has 0 aliphatic rings. The van der Waals surface area contributed by atoms with Gasteiger partial charge >= 0.3 is 0 Å². The van der Waals surface area contributed by atoms with E-state index in [2.05, 4.69) is 10.5 Å². The van der Waals surface area contributed by atoms with Crippen LogP contribution in [-0.4, -0.2) is 17.9 Å². The van der Waals surface area contributed by atoms with Crippen LogP contribution in [0.4, 0.5) is 0 Å². The number of hydrazone groups is 1. The van der Waals surface area contributed by atoms with E-state index in [1.54, 1.807) is 18.3 Å². The highest BCUT2D eigenvalue weighted by Gasteiger charge is 2.01. The monoisotopic (exact) mass is 318 g/mol. The summed E-state index contributed by atoms with van der Waals surface area (Å²) >= 11 is 7.25. The first kappa shape index (κ1) is 15.6. The Kier molecular flexibility index (Phi) is 5.84. The second-order valence-corrected chi connectivity index (χ2v) is 5.94. The van der Waals surface area contributed by atoms with Crippen molar-refractivity contribution in [2.45, 2.75) is 11.8 Å². The van der Waals surface area contributed by atoms with Crippen LogP contribution in [0.1, 0.15) is 11.1 Å². The maximum absolute atomic E-state index is 11.7. The lowest BCUT2D eigenvalue weighted by Crippen LogP contribution is -2.19. The number of thioether (sulfide) groups is 1. The van der Waals surface area contributed by atoms with Gasteiger partial charge in [0.25, 0.3) is 0 Å². The van der Waals surface area contributed by atoms with Crippen LogP contribution in [0.15, 0.2) is 58.5 Å². The molecule has 0 aliphatic carbocycles. The third kappa shape index (κ3) is 5.61. The van der Waals surface area contributed by atoms with Gasteiger partial charge in [-0.15, -0.1) is 11.8 Å². The zero-order valence-corrected chi connectivity index (χ0v) is 13.1. The number of nitrogens with one attached hydrogen (secondary N) is 1. The number of carbonyl (C=O) groups excluding carboxylic acids is 1. The third-order valence-corrected chi connectivity index (χ3v) is 3.89. The molecule has 2 aromatic carbocycles. The molecule has 0 saturated heterocycles. The Hall–Kier alpha value is -1.78. The maximum Gasteiger partial charge on any atom is 0.250 e. The fourth-order valence-electron chi connectivity index (χ4n) is 1.64. The molecule has 2 aromatic rings. The van der Waals surface area contributed by atoms with Crippen LogP contribution in [0.2, 0.25) is 5.02 Å². The van der Waals surface area contributed by atoms with E-state index in [0.717, 1.165) is 16.0 Å². The van der Waals surface area contributed by atoms with Gasteiger partial charge < -0.3 is 0 Å². The van der Waals surface area contributed by atoms with Gasteiger partial charge in [-0.3, -0.25) is 4.79 Å². The Morgan fingerprint density at radius 3 is 2.76 bits per heavy atom. The van der Waals surface area contributed by atoms with E-state index in [0.29, 0.717) is 10.8 Å². The number of halogens is 1. The highest BCUT2D eigenvalue weighted by Crippen LogP contribution is 2.19. The quantitative estimate of drug-likeness (QED) is 0.516. The zero-order valence-electron chi connectivity index (χ0n) is 11.5. The minimum atomic E-state index is -0.140. The third-order valence-electron chi connectivity index (χ3n) is 2.63. The topological polar surface area (TPSA) is 41.5 Å². The maximum atomic E-state index is 11.7. The summed E-state index contributed by atoms with van der Waals surface area (Å²) in [5.41, 5.74) is 4.63. The van der Waals surface area contributed by atoms with Gasteiger partial charge in [-0.2, -0.15) is 5.10 Å². The van der Waals surface area contributed by atoms with Crippen molar-refractivity contribution in [3.63, 3.8) is 0 Å². The van der Waals surface area contributed by atoms with Crippen molar-refractivity contribution < 1.29 is 4.79 Å². The molecule has 108 valence electrons. The highest BCUT2D eigenvalue weighted by atomic mass is 35.5. The molecule has 21 heavy (non-hydrogen) atoms. The second-order valence-electron chi connectivity index (χ2n) is 4.45. The minimum absolute atomic E-state index is 0.140. The summed E-state index contributed by atoms with van der Waals surface area (Å²) in [4.78, 5) is 12.7. The summed E-state index contributed by atoms with van der Waals surface area (Å²) in [5.74, 6) is 0.172. The van der Waals surface area contributed by atoms with Gasteiger partial charge in [0.2, 0.25) is 5.91 Å². The van der Waals surface area contributed by atoms with Gasteiger partial charge in [0.1, 0.15) is 0 Å². The lowest BCUT2D eigenvalue weighted by atomic mass is 10.2. The fourth-order valence-corrected chi connectivity index (χ4v) is 2.46. The largest absolute Gasteiger partial charge is 0.272 e. The molecule has 3 nitrogen and oxygen atoms in total. The fraction of sp³-hybridized carbons (Fsp3) is 0.125. The zero-order chi connectivity index (χ0) is 15.1. The van der Waals surface area contributed by atoms with Crippen molar-refractivity contribution in [3.05, 3.63) is 64.7 Å². The van der Waals surface area contributed by atoms with E-state index in [-0.39, 0.29) is 5.91 Å². The van der Waals surface area contributed by atoms with Crippen molar-refractivity contribution in [2.24, 2.45) is 5.10 Å². The van der Waals surface area contributed by atoms with E-state index in [9.17, 15) is 4.79 Å². The van der Waals surface area contributed by atoms with Gasteiger partial charge in [-0.25, -0.2) is 5.43 Å². The number of rotatable bonds is 5. The van der Waals surface area contributed by atoms with Crippen molar-refractivity contribution in [1.29, 1.82) is 0 Å². The summed E-state index contributed by atoms with van der Waals surface area (Å²) in [6.07, 6.45) is 1.64. The number of carbonyl (C=O) groups is 1. The van der Waals surface area contributed by atoms with Crippen molar-refractivity contribution >= 4 is 35.5 Å². The number of benzene rings is 2. The van der Waals surface area contributed by atoms with E-state index in [1.165, 1.54) is 11.8 Å². The van der Waals surface area contributed by atoms with Crippen molar-refractivity contribution in [2.75, 3.05) is 5.75 Å². The van der Waals surface area contributed by atoms with E-state index < -0.39 is 0 Å². The first-order valence-corrected chi connectivity index (χ1v) is 7.77. The van der Waals surface area contributed by atoms with Gasteiger partial charge in [0.05, 0.1) is 12.0 Å². The van der Waals surface area contributed by atoms with Gasteiger partial charge in [0, 0.05) is 9.92 Å². The number of hydrogen-bond donors (Lipinski definition) is 1. The standard InChI is InChI=1S/C16H15ClN2OS/c1-12-3-2-4-13(9-12)10-18-19-16(20)11-21-15-7-5-14(17)6-8-15/h2-10H,11H2,1H3,(H,19,20)/b18-10+. The van der Waals surface area contributed by atoms with Gasteiger partial charge in [-0.1, -0.05) is 41.4 Å². The molecule has 0 aromatic heterocycles. The molecule has 0 fully saturated rings. The normalized spacial score (nSPS) is 10.8. The molecule has 5 heteroatoms. The van der Waals surface area contributed by atoms with Crippen LogP contribution in [-0.2, 0) is 4.79 Å². The Balaban J connectivity index is 1.78. The molecule has 0 aliphatic heterocycles. The molecule has 1 N–H and O–H groups in total. The predicted octanol–water partition coefficient (Wildman–Crippen LogP) is 3.89. The number of aryl methyl sites for hydroxylation is 1. The molecule has 0 spiro atoms. The van der Waals surface area contributed by atoms with Crippen LogP contribution in [0.5, 0.6) is 0 Å². The van der Waals surface area contributed by atoms with Gasteiger partial charge in [0.15, 0.2) is 0 Å². The van der Waals surface area contributed by atoms with Crippen molar-refractivity contribution in [1.82, 2.24) is 5.43 Å². The molecule has 0 radical (unpaired) electrons. The second kappa shape index (κ2) is 7.86. The first-order chi connectivity index (χ1) is 10.1. The number of amides is 1. The predicted molar refractivity (Wildman–Crippen MR) is 89.1 cm³/mol. The van der Waals surface area contributed by atoms with Crippen LogP contribution in [0.3, 0.4) is 0 Å². The Morgan fingerprint density at radius 2 is 2.05 bits per heavy atom. The molecule has 0 saturated carbocycles. The number of nitrogens with zero attached hydrogens (tertiary/aromatic N) is 1. The lowest BCUT2D eigenvalue weighted by Gasteiger charge is -2.01. The summed E-state index contributed by atoms with van der Waals surface area (Å²) in [5, 5.41) is 4.64. The van der Waals surface area contributed by atoms with E-state index in [4.69, 9.17) is 11.6 Å². The molecule has 0 unspecified atom stereocenters. The number of hydrogen-bond acceptors (Lipinski definition) is 3. The summed E-state index contributed by atoms with van der Waals surface area (Å²) < 4.78 is 0. The van der Waals surface area contributed by atoms with Crippen LogP contribution < -0.4 is 5.43 Å². The SMILES string of the molecule is Cc1cccc(/C=N/NC(=O)CSc2ccc(Cl)cc2)c1. The Labute approximate surface area is 133 Å².